The Kier molecular flexibility index (Phi) is 6.83. The van der Waals surface area contributed by atoms with E-state index in [1.165, 1.54) is 37.2 Å². The Hall–Kier alpha value is 0.310. The van der Waals surface area contributed by atoms with Crippen LogP contribution >= 0.6 is 11.8 Å². The minimum absolute atomic E-state index is 0.744. The molecular formula is C14H29NS. The topological polar surface area (TPSA) is 12.0 Å². The smallest absolute Gasteiger partial charge is 0.00853 e. The SMILES string of the molecule is CC(C)CC(CC(C)C)NC1CCSCC1. The van der Waals surface area contributed by atoms with Crippen molar-refractivity contribution in [2.24, 2.45) is 11.8 Å². The van der Waals surface area contributed by atoms with Crippen molar-refractivity contribution in [3.05, 3.63) is 0 Å². The normalized spacial score (nSPS) is 18.9. The summed E-state index contributed by atoms with van der Waals surface area (Å²) in [6.45, 7) is 9.36. The first-order chi connectivity index (χ1) is 7.58. The third kappa shape index (κ3) is 6.15. The van der Waals surface area contributed by atoms with Crippen molar-refractivity contribution in [1.29, 1.82) is 0 Å². The summed E-state index contributed by atoms with van der Waals surface area (Å²) in [5.74, 6) is 4.34. The zero-order chi connectivity index (χ0) is 12.0. The summed E-state index contributed by atoms with van der Waals surface area (Å²) in [5, 5.41) is 3.91. The lowest BCUT2D eigenvalue weighted by atomic mass is 9.94. The van der Waals surface area contributed by atoms with Gasteiger partial charge in [0.2, 0.25) is 0 Å². The van der Waals surface area contributed by atoms with Crippen molar-refractivity contribution >= 4 is 11.8 Å². The third-order valence-electron chi connectivity index (χ3n) is 3.20. The van der Waals surface area contributed by atoms with Crippen LogP contribution in [0.3, 0.4) is 0 Å². The fourth-order valence-electron chi connectivity index (χ4n) is 2.57. The van der Waals surface area contributed by atoms with E-state index in [9.17, 15) is 0 Å². The van der Waals surface area contributed by atoms with Crippen molar-refractivity contribution in [3.8, 4) is 0 Å². The molecule has 1 aliphatic rings. The molecule has 0 bridgehead atoms. The predicted molar refractivity (Wildman–Crippen MR) is 76.2 cm³/mol. The zero-order valence-electron chi connectivity index (χ0n) is 11.5. The molecule has 0 aliphatic carbocycles. The van der Waals surface area contributed by atoms with Gasteiger partial charge in [0.1, 0.15) is 0 Å². The predicted octanol–water partition coefficient (Wildman–Crippen LogP) is 3.93. The minimum Gasteiger partial charge on any atom is -0.311 e. The Labute approximate surface area is 106 Å². The standard InChI is InChI=1S/C14H29NS/c1-11(2)9-14(10-12(3)4)15-13-5-7-16-8-6-13/h11-15H,5-10H2,1-4H3. The molecule has 1 heterocycles. The first-order valence-electron chi connectivity index (χ1n) is 6.91. The molecule has 96 valence electrons. The lowest BCUT2D eigenvalue weighted by Gasteiger charge is -2.30. The summed E-state index contributed by atoms with van der Waals surface area (Å²) in [4.78, 5) is 0. The average molecular weight is 243 g/mol. The van der Waals surface area contributed by atoms with E-state index in [-0.39, 0.29) is 0 Å². The quantitative estimate of drug-likeness (QED) is 0.758. The monoisotopic (exact) mass is 243 g/mol. The van der Waals surface area contributed by atoms with Gasteiger partial charge in [-0.2, -0.15) is 11.8 Å². The number of thioether (sulfide) groups is 1. The van der Waals surface area contributed by atoms with Crippen LogP contribution in [0.5, 0.6) is 0 Å². The first kappa shape index (κ1) is 14.4. The van der Waals surface area contributed by atoms with Crippen molar-refractivity contribution in [1.82, 2.24) is 5.32 Å². The van der Waals surface area contributed by atoms with E-state index in [1.54, 1.807) is 0 Å². The number of hydrogen-bond acceptors (Lipinski definition) is 2. The van der Waals surface area contributed by atoms with Gasteiger partial charge in [0.15, 0.2) is 0 Å². The zero-order valence-corrected chi connectivity index (χ0v) is 12.3. The van der Waals surface area contributed by atoms with Crippen LogP contribution in [0.2, 0.25) is 0 Å². The molecule has 0 aromatic carbocycles. The first-order valence-corrected chi connectivity index (χ1v) is 8.07. The molecule has 0 saturated carbocycles. The lowest BCUT2D eigenvalue weighted by molar-refractivity contribution is 0.317. The van der Waals surface area contributed by atoms with Crippen LogP contribution in [-0.4, -0.2) is 23.6 Å². The molecule has 0 aromatic heterocycles. The van der Waals surface area contributed by atoms with Gasteiger partial charge in [0.05, 0.1) is 0 Å². The van der Waals surface area contributed by atoms with Gasteiger partial charge in [0, 0.05) is 12.1 Å². The number of nitrogens with one attached hydrogen (secondary N) is 1. The summed E-state index contributed by atoms with van der Waals surface area (Å²) in [5.41, 5.74) is 0. The van der Waals surface area contributed by atoms with Gasteiger partial charge < -0.3 is 5.32 Å². The maximum atomic E-state index is 3.91. The highest BCUT2D eigenvalue weighted by atomic mass is 32.2. The fraction of sp³-hybridized carbons (Fsp3) is 1.00. The van der Waals surface area contributed by atoms with Crippen LogP contribution in [0.1, 0.15) is 53.4 Å². The molecule has 0 spiro atoms. The molecule has 0 radical (unpaired) electrons. The van der Waals surface area contributed by atoms with E-state index in [0.717, 1.165) is 23.9 Å². The van der Waals surface area contributed by atoms with E-state index in [4.69, 9.17) is 0 Å². The molecule has 0 atom stereocenters. The van der Waals surface area contributed by atoms with Crippen molar-refractivity contribution in [3.63, 3.8) is 0 Å². The molecule has 1 N–H and O–H groups in total. The second-order valence-corrected chi connectivity index (χ2v) is 7.23. The second kappa shape index (κ2) is 7.60. The molecular weight excluding hydrogens is 214 g/mol. The van der Waals surface area contributed by atoms with Crippen LogP contribution in [0.15, 0.2) is 0 Å². The minimum atomic E-state index is 0.744. The van der Waals surface area contributed by atoms with Gasteiger partial charge in [-0.05, 0) is 49.0 Å². The summed E-state index contributed by atoms with van der Waals surface area (Å²) in [7, 11) is 0. The molecule has 0 unspecified atom stereocenters. The second-order valence-electron chi connectivity index (χ2n) is 6.01. The lowest BCUT2D eigenvalue weighted by Crippen LogP contribution is -2.41. The molecule has 0 amide bonds. The van der Waals surface area contributed by atoms with Crippen molar-refractivity contribution in [2.75, 3.05) is 11.5 Å². The molecule has 2 heteroatoms. The highest BCUT2D eigenvalue weighted by molar-refractivity contribution is 7.99. The average Bonchev–Trinajstić information content (AvgIpc) is 2.16. The van der Waals surface area contributed by atoms with E-state index in [0.29, 0.717) is 0 Å². The van der Waals surface area contributed by atoms with Gasteiger partial charge in [-0.1, -0.05) is 27.7 Å². The maximum absolute atomic E-state index is 3.91. The van der Waals surface area contributed by atoms with Crippen LogP contribution in [0.25, 0.3) is 0 Å². The highest BCUT2D eigenvalue weighted by Gasteiger charge is 2.19. The molecule has 1 rings (SSSR count). The largest absolute Gasteiger partial charge is 0.311 e. The highest BCUT2D eigenvalue weighted by Crippen LogP contribution is 2.20. The van der Waals surface area contributed by atoms with Gasteiger partial charge in [-0.3, -0.25) is 0 Å². The summed E-state index contributed by atoms with van der Waals surface area (Å²) < 4.78 is 0. The Bertz CT molecular complexity index is 164. The van der Waals surface area contributed by atoms with Crippen molar-refractivity contribution < 1.29 is 0 Å². The number of rotatable bonds is 6. The van der Waals surface area contributed by atoms with Gasteiger partial charge in [-0.25, -0.2) is 0 Å². The van der Waals surface area contributed by atoms with Crippen LogP contribution in [0.4, 0.5) is 0 Å². The molecule has 1 aliphatic heterocycles. The summed E-state index contributed by atoms with van der Waals surface area (Å²) in [6.07, 6.45) is 5.42. The summed E-state index contributed by atoms with van der Waals surface area (Å²) >= 11 is 2.11. The Balaban J connectivity index is 2.35. The molecule has 1 saturated heterocycles. The van der Waals surface area contributed by atoms with Gasteiger partial charge in [0.25, 0.3) is 0 Å². The van der Waals surface area contributed by atoms with Crippen LogP contribution in [-0.2, 0) is 0 Å². The number of hydrogen-bond donors (Lipinski definition) is 1. The fourth-order valence-corrected chi connectivity index (χ4v) is 3.67. The van der Waals surface area contributed by atoms with E-state index in [2.05, 4.69) is 44.8 Å². The van der Waals surface area contributed by atoms with E-state index in [1.807, 2.05) is 0 Å². The Morgan fingerprint density at radius 1 is 1.00 bits per heavy atom. The van der Waals surface area contributed by atoms with Crippen LogP contribution < -0.4 is 5.32 Å². The third-order valence-corrected chi connectivity index (χ3v) is 4.25. The molecule has 1 nitrogen and oxygen atoms in total. The summed E-state index contributed by atoms with van der Waals surface area (Å²) in [6, 6.07) is 1.54. The van der Waals surface area contributed by atoms with E-state index < -0.39 is 0 Å². The molecule has 16 heavy (non-hydrogen) atoms. The Morgan fingerprint density at radius 3 is 1.94 bits per heavy atom. The van der Waals surface area contributed by atoms with Gasteiger partial charge in [-0.15, -0.1) is 0 Å². The van der Waals surface area contributed by atoms with Crippen molar-refractivity contribution in [2.45, 2.75) is 65.5 Å². The Morgan fingerprint density at radius 2 is 1.50 bits per heavy atom. The molecule has 0 aromatic rings. The van der Waals surface area contributed by atoms with Crippen LogP contribution in [0, 0.1) is 11.8 Å². The van der Waals surface area contributed by atoms with Gasteiger partial charge >= 0.3 is 0 Å². The molecule has 1 fully saturated rings. The van der Waals surface area contributed by atoms with E-state index >= 15 is 0 Å². The maximum Gasteiger partial charge on any atom is 0.00853 e.